The van der Waals surface area contributed by atoms with E-state index in [1.165, 1.54) is 19.4 Å². The van der Waals surface area contributed by atoms with Crippen molar-refractivity contribution in [3.05, 3.63) is 0 Å². The Bertz CT molecular complexity index is 180. The van der Waals surface area contributed by atoms with Crippen LogP contribution in [0, 0.1) is 0 Å². The minimum atomic E-state index is -0.963. The van der Waals surface area contributed by atoms with Crippen LogP contribution in [0.1, 0.15) is 26.7 Å². The molecule has 0 aliphatic rings. The second-order valence-electron chi connectivity index (χ2n) is 2.45. The zero-order valence-corrected chi connectivity index (χ0v) is 10.1. The van der Waals surface area contributed by atoms with Crippen LogP contribution in [-0.2, 0) is 9.59 Å². The quantitative estimate of drug-likeness (QED) is 0.335. The van der Waals surface area contributed by atoms with Gasteiger partial charge in [0.25, 0.3) is 0 Å². The summed E-state index contributed by atoms with van der Waals surface area (Å²) >= 11 is 4.64. The molecule has 0 aliphatic heterocycles. The highest BCUT2D eigenvalue weighted by Gasteiger charge is 1.99. The SMILES string of the molecule is CCCCN=C=O.CCl.C[C@H](N)C(=O)O. The van der Waals surface area contributed by atoms with Crippen molar-refractivity contribution in [2.75, 3.05) is 12.9 Å². The maximum Gasteiger partial charge on any atom is 0.320 e. The van der Waals surface area contributed by atoms with Gasteiger partial charge in [-0.1, -0.05) is 13.3 Å². The van der Waals surface area contributed by atoms with Gasteiger partial charge >= 0.3 is 5.97 Å². The number of aliphatic imine (C=N–C) groups is 1. The van der Waals surface area contributed by atoms with E-state index in [1.807, 2.05) is 0 Å². The summed E-state index contributed by atoms with van der Waals surface area (Å²) in [6.45, 7) is 4.11. The number of nitrogens with zero attached hydrogens (tertiary/aromatic N) is 1. The lowest BCUT2D eigenvalue weighted by Gasteiger charge is -1.90. The molecule has 0 aromatic carbocycles. The third-order valence-electron chi connectivity index (χ3n) is 1.08. The Morgan fingerprint density at radius 1 is 1.60 bits per heavy atom. The van der Waals surface area contributed by atoms with Gasteiger partial charge < -0.3 is 10.8 Å². The van der Waals surface area contributed by atoms with Gasteiger partial charge in [-0.15, -0.1) is 11.6 Å². The predicted octanol–water partition coefficient (Wildman–Crippen LogP) is 1.40. The number of hydrogen-bond donors (Lipinski definition) is 2. The number of carbonyl (C=O) groups is 1. The number of hydrogen-bond acceptors (Lipinski definition) is 4. The summed E-state index contributed by atoms with van der Waals surface area (Å²) in [4.78, 5) is 22.3. The van der Waals surface area contributed by atoms with Gasteiger partial charge in [-0.2, -0.15) is 0 Å². The van der Waals surface area contributed by atoms with Gasteiger partial charge in [-0.25, -0.2) is 9.79 Å². The average Bonchev–Trinajstić information content (AvgIpc) is 2.22. The lowest BCUT2D eigenvalue weighted by Crippen LogP contribution is -2.25. The molecule has 5 nitrogen and oxygen atoms in total. The number of unbranched alkanes of at least 4 members (excludes halogenated alkanes) is 1. The molecule has 0 fully saturated rings. The second-order valence-corrected chi connectivity index (χ2v) is 2.45. The maximum absolute atomic E-state index is 9.57. The fraction of sp³-hybridized carbons (Fsp3) is 0.778. The molecule has 0 rings (SSSR count). The van der Waals surface area contributed by atoms with Crippen LogP contribution in [0.2, 0.25) is 0 Å². The maximum atomic E-state index is 9.57. The highest BCUT2D eigenvalue weighted by molar-refractivity contribution is 6.15. The van der Waals surface area contributed by atoms with E-state index in [2.05, 4.69) is 23.5 Å². The summed E-state index contributed by atoms with van der Waals surface area (Å²) in [6.07, 6.45) is 5.03. The summed E-state index contributed by atoms with van der Waals surface area (Å²) < 4.78 is 0. The molecule has 0 unspecified atom stereocenters. The summed E-state index contributed by atoms with van der Waals surface area (Å²) in [6, 6.07) is -0.731. The van der Waals surface area contributed by atoms with Crippen LogP contribution in [0.4, 0.5) is 0 Å². The molecule has 1 atom stereocenters. The summed E-state index contributed by atoms with van der Waals surface area (Å²) in [5.74, 6) is -0.963. The van der Waals surface area contributed by atoms with Crippen molar-refractivity contribution in [3.63, 3.8) is 0 Å². The van der Waals surface area contributed by atoms with Crippen molar-refractivity contribution in [2.45, 2.75) is 32.7 Å². The number of halogens is 1. The average molecular weight is 239 g/mol. The Labute approximate surface area is 95.3 Å². The molecule has 90 valence electrons. The van der Waals surface area contributed by atoms with E-state index in [9.17, 15) is 9.59 Å². The summed E-state index contributed by atoms with van der Waals surface area (Å²) in [7, 11) is 0. The molecule has 6 heteroatoms. The zero-order chi connectivity index (χ0) is 12.7. The third-order valence-corrected chi connectivity index (χ3v) is 1.08. The van der Waals surface area contributed by atoms with E-state index in [4.69, 9.17) is 10.8 Å². The number of carboxylic acid groups (broad SMARTS) is 1. The van der Waals surface area contributed by atoms with Crippen LogP contribution in [0.5, 0.6) is 0 Å². The van der Waals surface area contributed by atoms with Crippen LogP contribution in [0.25, 0.3) is 0 Å². The summed E-state index contributed by atoms with van der Waals surface area (Å²) in [5.41, 5.74) is 4.84. The molecular weight excluding hydrogens is 220 g/mol. The van der Waals surface area contributed by atoms with E-state index in [-0.39, 0.29) is 0 Å². The molecule has 0 aliphatic carbocycles. The molecule has 0 amide bonds. The van der Waals surface area contributed by atoms with Gasteiger partial charge in [0, 0.05) is 6.38 Å². The number of nitrogens with two attached hydrogens (primary N) is 1. The fourth-order valence-electron chi connectivity index (χ4n) is 0.283. The van der Waals surface area contributed by atoms with Crippen molar-refractivity contribution in [1.29, 1.82) is 0 Å². The van der Waals surface area contributed by atoms with E-state index in [0.717, 1.165) is 12.8 Å². The topological polar surface area (TPSA) is 92.8 Å². The minimum Gasteiger partial charge on any atom is -0.480 e. The van der Waals surface area contributed by atoms with Gasteiger partial charge in [-0.05, 0) is 13.3 Å². The molecule has 15 heavy (non-hydrogen) atoms. The smallest absolute Gasteiger partial charge is 0.320 e. The molecule has 0 radical (unpaired) electrons. The van der Waals surface area contributed by atoms with Gasteiger partial charge in [-0.3, -0.25) is 4.79 Å². The molecule has 0 heterocycles. The third kappa shape index (κ3) is 32.0. The molecule has 0 saturated heterocycles. The number of alkyl halides is 1. The first kappa shape index (κ1) is 19.6. The van der Waals surface area contributed by atoms with Gasteiger partial charge in [0.1, 0.15) is 6.04 Å². The fourth-order valence-corrected chi connectivity index (χ4v) is 0.283. The van der Waals surface area contributed by atoms with Gasteiger partial charge in [0.2, 0.25) is 6.08 Å². The van der Waals surface area contributed by atoms with Crippen LogP contribution >= 0.6 is 11.6 Å². The second kappa shape index (κ2) is 18.8. The van der Waals surface area contributed by atoms with Crippen LogP contribution in [0.15, 0.2) is 4.99 Å². The first-order valence-corrected chi connectivity index (χ1v) is 5.21. The number of carbonyl (C=O) groups excluding carboxylic acids is 1. The predicted molar refractivity (Wildman–Crippen MR) is 61.0 cm³/mol. The van der Waals surface area contributed by atoms with Gasteiger partial charge in [0.05, 0.1) is 6.54 Å². The van der Waals surface area contributed by atoms with Crippen LogP contribution in [-0.4, -0.2) is 36.1 Å². The number of isocyanates is 1. The molecule has 0 saturated carbocycles. The van der Waals surface area contributed by atoms with Crippen molar-refractivity contribution >= 4 is 23.7 Å². The number of carboxylic acids is 1. The number of rotatable bonds is 4. The molecule has 0 aromatic heterocycles. The Morgan fingerprint density at radius 3 is 2.20 bits per heavy atom. The Kier molecular flexibility index (Phi) is 24.6. The van der Waals surface area contributed by atoms with Crippen LogP contribution in [0.3, 0.4) is 0 Å². The Hall–Kier alpha value is -0.900. The highest BCUT2D eigenvalue weighted by Crippen LogP contribution is 1.83. The molecule has 3 N–H and O–H groups in total. The van der Waals surface area contributed by atoms with Crippen LogP contribution < -0.4 is 5.73 Å². The Balaban J connectivity index is -0.000000166. The van der Waals surface area contributed by atoms with Gasteiger partial charge in [0.15, 0.2) is 0 Å². The molecule has 0 aromatic rings. The van der Waals surface area contributed by atoms with E-state index in [1.54, 1.807) is 0 Å². The molecule has 0 spiro atoms. The lowest BCUT2D eigenvalue weighted by molar-refractivity contribution is -0.138. The monoisotopic (exact) mass is 238 g/mol. The van der Waals surface area contributed by atoms with Crippen molar-refractivity contribution in [2.24, 2.45) is 10.7 Å². The van der Waals surface area contributed by atoms with E-state index < -0.39 is 12.0 Å². The first-order valence-electron chi connectivity index (χ1n) is 4.46. The lowest BCUT2D eigenvalue weighted by atomic mass is 10.3. The summed E-state index contributed by atoms with van der Waals surface area (Å²) in [5, 5.41) is 7.87. The standard InChI is InChI=1S/C5H9NO.C3H7NO2.CH3Cl/c1-2-3-4-6-5-7;1-2(4)3(5)6;1-2/h2-4H2,1H3;2H,4H2,1H3,(H,5,6);1H3/t;2-;/m.0./s1. The highest BCUT2D eigenvalue weighted by atomic mass is 35.5. The Morgan fingerprint density at radius 2 is 2.00 bits per heavy atom. The minimum absolute atomic E-state index is 0.639. The largest absolute Gasteiger partial charge is 0.480 e. The zero-order valence-electron chi connectivity index (χ0n) is 9.36. The van der Waals surface area contributed by atoms with Crippen molar-refractivity contribution in [1.82, 2.24) is 0 Å². The first-order chi connectivity index (χ1) is 7.06. The van der Waals surface area contributed by atoms with Crippen molar-refractivity contribution in [3.8, 4) is 0 Å². The van der Waals surface area contributed by atoms with E-state index >= 15 is 0 Å². The van der Waals surface area contributed by atoms with E-state index in [0.29, 0.717) is 6.54 Å². The molecular formula is C9H19ClN2O3. The normalized spacial score (nSPS) is 9.40. The van der Waals surface area contributed by atoms with Crippen molar-refractivity contribution < 1.29 is 14.7 Å². The molecule has 0 bridgehead atoms. The number of aliphatic carboxylic acids is 1.